The van der Waals surface area contributed by atoms with E-state index in [-0.39, 0.29) is 6.04 Å². The summed E-state index contributed by atoms with van der Waals surface area (Å²) in [5, 5.41) is 12.2. The number of hydrogen-bond acceptors (Lipinski definition) is 9. The molecule has 0 radical (unpaired) electrons. The molecule has 0 spiro atoms. The predicted molar refractivity (Wildman–Crippen MR) is 117 cm³/mol. The Morgan fingerprint density at radius 1 is 1.32 bits per heavy atom. The third kappa shape index (κ3) is 3.64. The van der Waals surface area contributed by atoms with Gasteiger partial charge in [0.25, 0.3) is 0 Å². The smallest absolute Gasteiger partial charge is 0.222 e. The first-order valence-corrected chi connectivity index (χ1v) is 10.4. The maximum Gasteiger partial charge on any atom is 0.222 e. The van der Waals surface area contributed by atoms with Crippen LogP contribution in [0.15, 0.2) is 36.8 Å². The Kier molecular flexibility index (Phi) is 5.08. The van der Waals surface area contributed by atoms with E-state index in [2.05, 4.69) is 15.8 Å². The van der Waals surface area contributed by atoms with E-state index in [4.69, 9.17) is 19.6 Å². The minimum atomic E-state index is 0.220. The molecule has 162 valence electrons. The van der Waals surface area contributed by atoms with Crippen molar-refractivity contribution in [3.63, 3.8) is 0 Å². The van der Waals surface area contributed by atoms with E-state index in [1.807, 2.05) is 66.2 Å². The Morgan fingerprint density at radius 3 is 2.90 bits per heavy atom. The second-order valence-electron chi connectivity index (χ2n) is 7.58. The summed E-state index contributed by atoms with van der Waals surface area (Å²) in [7, 11) is 1.95. The number of anilines is 1. The normalized spacial score (nSPS) is 16.2. The number of nitrogens with zero attached hydrogens (tertiary/aromatic N) is 6. The largest absolute Gasteiger partial charge is 0.477 e. The topological polar surface area (TPSA) is 92.6 Å². The van der Waals surface area contributed by atoms with Crippen LogP contribution in [0.25, 0.3) is 22.3 Å². The first-order valence-electron chi connectivity index (χ1n) is 10.4. The summed E-state index contributed by atoms with van der Waals surface area (Å²) in [6, 6.07) is 6.14. The summed E-state index contributed by atoms with van der Waals surface area (Å²) in [5.74, 6) is 0.575. The summed E-state index contributed by atoms with van der Waals surface area (Å²) in [6.07, 6.45) is 5.66. The van der Waals surface area contributed by atoms with Gasteiger partial charge in [-0.2, -0.15) is 5.10 Å². The number of aryl methyl sites for hydroxylation is 1. The van der Waals surface area contributed by atoms with Gasteiger partial charge in [-0.05, 0) is 32.0 Å². The molecule has 2 aliphatic rings. The molecule has 0 bridgehead atoms. The van der Waals surface area contributed by atoms with E-state index in [9.17, 15) is 0 Å². The predicted octanol–water partition coefficient (Wildman–Crippen LogP) is 2.28. The highest BCUT2D eigenvalue weighted by atomic mass is 16.5. The van der Waals surface area contributed by atoms with E-state index in [0.717, 1.165) is 33.7 Å². The number of hydrogen-bond donors (Lipinski definition) is 2. The van der Waals surface area contributed by atoms with Gasteiger partial charge in [-0.1, -0.05) is 0 Å². The summed E-state index contributed by atoms with van der Waals surface area (Å²) in [6.45, 7) is 6.37. The molecule has 5 heterocycles. The van der Waals surface area contributed by atoms with Crippen LogP contribution in [-0.2, 0) is 4.74 Å². The number of fused-ring (bicyclic) bond motifs is 1. The standard InChI is InChI=1S/C21H26N8O2/c1-4-31-21-16(6-5-7-22-21)17-10-18(23-13-28-9-8-27(3)26-28)20-19(24-17)14(2)25-29(20)15-11-30-12-15/h5-10,15,26H,4,11-13H2,1-3H3,(H,23,24). The maximum absolute atomic E-state index is 5.75. The van der Waals surface area contributed by atoms with Crippen LogP contribution in [0.1, 0.15) is 18.7 Å². The molecule has 31 heavy (non-hydrogen) atoms. The van der Waals surface area contributed by atoms with Crippen LogP contribution in [0.5, 0.6) is 5.88 Å². The SMILES string of the molecule is CCOc1ncccc1-c1cc(NCN2C=CN(C)N2)c2c(n1)c(C)nn2C1COC1. The van der Waals surface area contributed by atoms with E-state index in [1.165, 1.54) is 0 Å². The molecule has 0 saturated carbocycles. The number of aromatic nitrogens is 4. The molecule has 3 aromatic heterocycles. The number of rotatable bonds is 7. The zero-order chi connectivity index (χ0) is 21.4. The van der Waals surface area contributed by atoms with Crippen LogP contribution < -0.4 is 15.6 Å². The van der Waals surface area contributed by atoms with Gasteiger partial charge in [0.1, 0.15) is 17.7 Å². The van der Waals surface area contributed by atoms with E-state index < -0.39 is 0 Å². The van der Waals surface area contributed by atoms with E-state index in [1.54, 1.807) is 6.20 Å². The van der Waals surface area contributed by atoms with Crippen LogP contribution in [0.3, 0.4) is 0 Å². The van der Waals surface area contributed by atoms with Gasteiger partial charge in [-0.25, -0.2) is 9.97 Å². The molecule has 2 N–H and O–H groups in total. The van der Waals surface area contributed by atoms with Gasteiger partial charge >= 0.3 is 0 Å². The first-order chi connectivity index (χ1) is 15.1. The summed E-state index contributed by atoms with van der Waals surface area (Å²) in [5.41, 5.74) is 8.53. The molecule has 0 aromatic carbocycles. The third-order valence-electron chi connectivity index (χ3n) is 5.31. The van der Waals surface area contributed by atoms with Crippen molar-refractivity contribution >= 4 is 16.7 Å². The summed E-state index contributed by atoms with van der Waals surface area (Å²) in [4.78, 5) is 9.36. The Morgan fingerprint density at radius 2 is 2.19 bits per heavy atom. The van der Waals surface area contributed by atoms with Crippen molar-refractivity contribution in [3.8, 4) is 17.1 Å². The Bertz CT molecular complexity index is 1120. The summed E-state index contributed by atoms with van der Waals surface area (Å²) < 4.78 is 13.2. The number of pyridine rings is 2. The fourth-order valence-electron chi connectivity index (χ4n) is 3.73. The lowest BCUT2D eigenvalue weighted by Crippen LogP contribution is -2.39. The van der Waals surface area contributed by atoms with Crippen molar-refractivity contribution in [3.05, 3.63) is 42.5 Å². The van der Waals surface area contributed by atoms with E-state index in [0.29, 0.717) is 32.4 Å². The van der Waals surface area contributed by atoms with Gasteiger partial charge in [-0.3, -0.25) is 14.7 Å². The molecule has 3 aromatic rings. The van der Waals surface area contributed by atoms with Crippen LogP contribution in [0, 0.1) is 6.92 Å². The van der Waals surface area contributed by atoms with Gasteiger partial charge in [0, 0.05) is 25.6 Å². The Labute approximate surface area is 180 Å². The van der Waals surface area contributed by atoms with Crippen LogP contribution in [0.4, 0.5) is 5.69 Å². The second-order valence-corrected chi connectivity index (χ2v) is 7.58. The molecule has 1 fully saturated rings. The fourth-order valence-corrected chi connectivity index (χ4v) is 3.73. The lowest BCUT2D eigenvalue weighted by Gasteiger charge is -2.27. The van der Waals surface area contributed by atoms with Crippen LogP contribution in [0.2, 0.25) is 0 Å². The van der Waals surface area contributed by atoms with Crippen molar-refractivity contribution in [2.75, 3.05) is 38.9 Å². The first kappa shape index (κ1) is 19.6. The Balaban J connectivity index is 1.60. The number of hydrazine groups is 2. The van der Waals surface area contributed by atoms with Crippen molar-refractivity contribution < 1.29 is 9.47 Å². The molecule has 0 amide bonds. The molecule has 1 saturated heterocycles. The summed E-state index contributed by atoms with van der Waals surface area (Å²) >= 11 is 0. The quantitative estimate of drug-likeness (QED) is 0.595. The average molecular weight is 422 g/mol. The highest BCUT2D eigenvalue weighted by molar-refractivity contribution is 5.93. The fraction of sp³-hybridized carbons (Fsp3) is 0.381. The molecule has 10 heteroatoms. The van der Waals surface area contributed by atoms with Crippen molar-refractivity contribution in [2.24, 2.45) is 0 Å². The van der Waals surface area contributed by atoms with Crippen molar-refractivity contribution in [1.29, 1.82) is 0 Å². The zero-order valence-electron chi connectivity index (χ0n) is 17.9. The van der Waals surface area contributed by atoms with Crippen molar-refractivity contribution in [1.82, 2.24) is 35.3 Å². The Hall–Kier alpha value is -3.37. The van der Waals surface area contributed by atoms with Gasteiger partial charge in [0.2, 0.25) is 5.88 Å². The maximum atomic E-state index is 5.75. The number of ether oxygens (including phenoxy) is 2. The molecule has 0 unspecified atom stereocenters. The number of nitrogens with one attached hydrogen (secondary N) is 2. The monoisotopic (exact) mass is 422 g/mol. The van der Waals surface area contributed by atoms with Gasteiger partial charge in [0.05, 0.1) is 48.5 Å². The molecule has 10 nitrogen and oxygen atoms in total. The van der Waals surface area contributed by atoms with E-state index >= 15 is 0 Å². The second kappa shape index (κ2) is 8.05. The lowest BCUT2D eigenvalue weighted by atomic mass is 10.1. The molecule has 5 rings (SSSR count). The minimum absolute atomic E-state index is 0.220. The minimum Gasteiger partial charge on any atom is -0.477 e. The third-order valence-corrected chi connectivity index (χ3v) is 5.31. The lowest BCUT2D eigenvalue weighted by molar-refractivity contribution is -0.0267. The zero-order valence-corrected chi connectivity index (χ0v) is 17.9. The van der Waals surface area contributed by atoms with Gasteiger partial charge in [-0.15, -0.1) is 5.53 Å². The molecule has 0 aliphatic carbocycles. The van der Waals surface area contributed by atoms with Gasteiger partial charge in [0.15, 0.2) is 0 Å². The highest BCUT2D eigenvalue weighted by Gasteiger charge is 2.27. The highest BCUT2D eigenvalue weighted by Crippen LogP contribution is 2.35. The van der Waals surface area contributed by atoms with Crippen LogP contribution in [-0.4, -0.2) is 63.3 Å². The molecular weight excluding hydrogens is 396 g/mol. The van der Waals surface area contributed by atoms with Crippen LogP contribution >= 0.6 is 0 Å². The molecular formula is C21H26N8O2. The molecule has 0 atom stereocenters. The van der Waals surface area contributed by atoms with Crippen molar-refractivity contribution in [2.45, 2.75) is 19.9 Å². The molecule has 2 aliphatic heterocycles. The van der Waals surface area contributed by atoms with Gasteiger partial charge < -0.3 is 14.8 Å². The average Bonchev–Trinajstić information content (AvgIpc) is 3.29.